The van der Waals surface area contributed by atoms with Gasteiger partial charge in [0.1, 0.15) is 6.08 Å². The SMILES string of the molecule is [2H]C1([2H])c2ccccc2N(C(N)=O)c2ccccc2[C@]1([2H])OC(=O)[C@H](OC(C)=O)[C@H](OC(C)=O)C(=O)O. The normalized spacial score (nSPS) is 21.0. The van der Waals surface area contributed by atoms with Crippen LogP contribution in [-0.2, 0) is 39.8 Å². The summed E-state index contributed by atoms with van der Waals surface area (Å²) in [5.41, 5.74) is 4.88. The second-order valence-corrected chi connectivity index (χ2v) is 6.98. The van der Waals surface area contributed by atoms with Crippen LogP contribution in [0.4, 0.5) is 16.2 Å². The molecule has 11 nitrogen and oxygen atoms in total. The molecule has 3 rings (SSSR count). The van der Waals surface area contributed by atoms with E-state index in [4.69, 9.17) is 19.3 Å². The molecule has 1 aliphatic rings. The third-order valence-electron chi connectivity index (χ3n) is 4.54. The molecule has 1 aliphatic heterocycles. The van der Waals surface area contributed by atoms with Crippen molar-refractivity contribution in [2.75, 3.05) is 4.90 Å². The Labute approximate surface area is 198 Å². The molecule has 2 aromatic rings. The van der Waals surface area contributed by atoms with Gasteiger partial charge in [-0.2, -0.15) is 0 Å². The predicted molar refractivity (Wildman–Crippen MR) is 116 cm³/mol. The number of urea groups is 1. The summed E-state index contributed by atoms with van der Waals surface area (Å²) in [4.78, 5) is 61.5. The number of fused-ring (bicyclic) bond motifs is 2. The average molecular weight is 473 g/mol. The molecule has 0 fully saturated rings. The monoisotopic (exact) mass is 473 g/mol. The Balaban J connectivity index is 2.24. The number of hydrogen-bond acceptors (Lipinski definition) is 8. The maximum Gasteiger partial charge on any atom is 0.352 e. The van der Waals surface area contributed by atoms with Gasteiger partial charge in [-0.25, -0.2) is 14.4 Å². The molecule has 0 spiro atoms. The largest absolute Gasteiger partial charge is 0.478 e. The summed E-state index contributed by atoms with van der Waals surface area (Å²) >= 11 is 0. The fourth-order valence-electron chi connectivity index (χ4n) is 3.26. The lowest BCUT2D eigenvalue weighted by Gasteiger charge is -2.25. The molecule has 0 bridgehead atoms. The minimum atomic E-state index is -2.99. The third kappa shape index (κ3) is 5.14. The zero-order valence-electron chi connectivity index (χ0n) is 21.0. The van der Waals surface area contributed by atoms with Crippen LogP contribution in [0.5, 0.6) is 0 Å². The van der Waals surface area contributed by atoms with Gasteiger partial charge in [0.05, 0.1) is 12.7 Å². The fraction of sp³-hybridized carbons (Fsp3) is 0.261. The van der Waals surface area contributed by atoms with E-state index in [9.17, 15) is 29.1 Å². The highest BCUT2D eigenvalue weighted by atomic mass is 16.6. The van der Waals surface area contributed by atoms with Crippen LogP contribution >= 0.6 is 0 Å². The number of hydrogen-bond donors (Lipinski definition) is 2. The van der Waals surface area contributed by atoms with Crippen molar-refractivity contribution >= 4 is 41.3 Å². The van der Waals surface area contributed by atoms with E-state index >= 15 is 0 Å². The highest BCUT2D eigenvalue weighted by Gasteiger charge is 2.42. The van der Waals surface area contributed by atoms with Crippen LogP contribution in [-0.4, -0.2) is 47.2 Å². The van der Waals surface area contributed by atoms with Crippen LogP contribution in [0.3, 0.4) is 0 Å². The molecule has 2 amide bonds. The molecule has 2 aromatic carbocycles. The maximum absolute atomic E-state index is 13.3. The van der Waals surface area contributed by atoms with Crippen molar-refractivity contribution in [1.29, 1.82) is 0 Å². The topological polar surface area (TPSA) is 163 Å². The van der Waals surface area contributed by atoms with Crippen molar-refractivity contribution in [3.05, 3.63) is 59.7 Å². The fourth-order valence-corrected chi connectivity index (χ4v) is 3.26. The number of esters is 3. The molecule has 0 saturated heterocycles. The molecule has 34 heavy (non-hydrogen) atoms. The number of amides is 2. The number of carboxylic acids is 1. The second-order valence-electron chi connectivity index (χ2n) is 6.98. The van der Waals surface area contributed by atoms with Crippen molar-refractivity contribution in [3.63, 3.8) is 0 Å². The molecule has 3 N–H and O–H groups in total. The number of benzene rings is 2. The van der Waals surface area contributed by atoms with Crippen molar-refractivity contribution in [2.24, 2.45) is 5.73 Å². The van der Waals surface area contributed by atoms with E-state index < -0.39 is 54.6 Å². The van der Waals surface area contributed by atoms with E-state index in [1.165, 1.54) is 48.5 Å². The molecule has 1 heterocycles. The zero-order valence-corrected chi connectivity index (χ0v) is 18.0. The number of carboxylic acid groups (broad SMARTS) is 1. The summed E-state index contributed by atoms with van der Waals surface area (Å²) in [6.45, 7) is 1.71. The minimum absolute atomic E-state index is 0.0301. The number of rotatable bonds is 6. The van der Waals surface area contributed by atoms with Gasteiger partial charge in [0.15, 0.2) is 0 Å². The number of aliphatic carboxylic acids is 1. The first kappa shape index (κ1) is 20.2. The summed E-state index contributed by atoms with van der Waals surface area (Å²) < 4.78 is 41.5. The Hall–Kier alpha value is -4.41. The van der Waals surface area contributed by atoms with E-state index in [1.54, 1.807) is 0 Å². The number of carbonyl (C=O) groups is 5. The quantitative estimate of drug-likeness (QED) is 0.472. The highest BCUT2D eigenvalue weighted by molar-refractivity contribution is 6.00. The van der Waals surface area contributed by atoms with E-state index in [-0.39, 0.29) is 22.5 Å². The van der Waals surface area contributed by atoms with Gasteiger partial charge >= 0.3 is 29.9 Å². The highest BCUT2D eigenvalue weighted by Crippen LogP contribution is 2.41. The van der Waals surface area contributed by atoms with Crippen LogP contribution < -0.4 is 10.6 Å². The van der Waals surface area contributed by atoms with E-state index in [0.29, 0.717) is 0 Å². The van der Waals surface area contributed by atoms with Crippen LogP contribution in [0, 0.1) is 0 Å². The van der Waals surface area contributed by atoms with Gasteiger partial charge in [0.25, 0.3) is 0 Å². The Morgan fingerprint density at radius 2 is 1.56 bits per heavy atom. The van der Waals surface area contributed by atoms with E-state index in [1.807, 2.05) is 0 Å². The lowest BCUT2D eigenvalue weighted by atomic mass is 10.0. The average Bonchev–Trinajstić information content (AvgIpc) is 2.86. The number of para-hydroxylation sites is 2. The summed E-state index contributed by atoms with van der Waals surface area (Å²) in [5, 5.41) is 9.50. The molecule has 0 unspecified atom stereocenters. The molecule has 3 atom stereocenters. The minimum Gasteiger partial charge on any atom is -0.478 e. The molecular formula is C23H22N2O9. The van der Waals surface area contributed by atoms with Crippen LogP contribution in [0.2, 0.25) is 0 Å². The van der Waals surface area contributed by atoms with Crippen LogP contribution in [0.1, 0.15) is 35.2 Å². The van der Waals surface area contributed by atoms with Crippen molar-refractivity contribution < 1.29 is 47.4 Å². The second kappa shape index (κ2) is 10.0. The first-order valence-electron chi connectivity index (χ1n) is 11.3. The van der Waals surface area contributed by atoms with Gasteiger partial charge in [0.2, 0.25) is 12.2 Å². The molecule has 178 valence electrons. The molecule has 0 saturated carbocycles. The number of anilines is 2. The predicted octanol–water partition coefficient (Wildman–Crippen LogP) is 1.99. The van der Waals surface area contributed by atoms with Crippen molar-refractivity contribution in [2.45, 2.75) is 38.5 Å². The van der Waals surface area contributed by atoms with Crippen molar-refractivity contribution in [3.8, 4) is 0 Å². The lowest BCUT2D eigenvalue weighted by molar-refractivity contribution is -0.190. The van der Waals surface area contributed by atoms with Gasteiger partial charge in [-0.3, -0.25) is 14.5 Å². The number of ether oxygens (including phenoxy) is 3. The van der Waals surface area contributed by atoms with Crippen LogP contribution in [0.25, 0.3) is 0 Å². The number of nitrogens with zero attached hydrogens (tertiary/aromatic N) is 1. The van der Waals surface area contributed by atoms with Gasteiger partial charge < -0.3 is 25.1 Å². The number of primary amides is 1. The van der Waals surface area contributed by atoms with Crippen molar-refractivity contribution in [1.82, 2.24) is 0 Å². The molecular weight excluding hydrogens is 448 g/mol. The Morgan fingerprint density at radius 1 is 1.00 bits per heavy atom. The molecule has 0 aromatic heterocycles. The molecule has 0 radical (unpaired) electrons. The van der Waals surface area contributed by atoms with Crippen LogP contribution in [0.15, 0.2) is 48.5 Å². The van der Waals surface area contributed by atoms with Gasteiger partial charge in [-0.05, 0) is 17.7 Å². The van der Waals surface area contributed by atoms with Gasteiger partial charge in [-0.15, -0.1) is 0 Å². The molecule has 11 heteroatoms. The first-order chi connectivity index (χ1) is 17.2. The Kier molecular flexibility index (Phi) is 5.96. The summed E-state index contributed by atoms with van der Waals surface area (Å²) in [5.74, 6) is -5.83. The van der Waals surface area contributed by atoms with Gasteiger partial charge in [-0.1, -0.05) is 36.4 Å². The zero-order chi connectivity index (χ0) is 27.7. The Morgan fingerprint density at radius 3 is 2.15 bits per heavy atom. The number of nitrogens with two attached hydrogens (primary N) is 1. The lowest BCUT2D eigenvalue weighted by Crippen LogP contribution is -2.46. The summed E-state index contributed by atoms with van der Waals surface area (Å²) in [7, 11) is 0. The Bertz CT molecular complexity index is 1290. The van der Waals surface area contributed by atoms with E-state index in [0.717, 1.165) is 18.7 Å². The number of carbonyl (C=O) groups excluding carboxylic acids is 4. The smallest absolute Gasteiger partial charge is 0.352 e. The third-order valence-corrected chi connectivity index (χ3v) is 4.54. The van der Waals surface area contributed by atoms with Gasteiger partial charge in [0, 0.05) is 28.5 Å². The summed E-state index contributed by atoms with van der Waals surface area (Å²) in [6.07, 6.45) is -10.6. The molecule has 0 aliphatic carbocycles. The standard InChI is InChI=1S/C23H22N2O9/c1-12(26)32-19(21(28)29)20(33-13(2)27)22(30)34-18-11-14-7-3-5-9-16(14)25(23(24)31)17-10-6-4-8-15(17)18/h3-10,18-20H,11H2,1-2H3,(H2,24,31)(H,28,29)/t18-,19+,20-/m1/s1/i11D2,18D. The maximum atomic E-state index is 13.3. The summed E-state index contributed by atoms with van der Waals surface area (Å²) in [6, 6.07) is 9.98. The van der Waals surface area contributed by atoms with E-state index in [2.05, 4.69) is 4.74 Å². The first-order valence-corrected chi connectivity index (χ1v) is 9.81.